The lowest BCUT2D eigenvalue weighted by Gasteiger charge is -2.34. The van der Waals surface area contributed by atoms with Gasteiger partial charge < -0.3 is 25.2 Å². The number of halogens is 2. The maximum absolute atomic E-state index is 13.2. The van der Waals surface area contributed by atoms with E-state index in [-0.39, 0.29) is 23.9 Å². The third-order valence-corrected chi connectivity index (χ3v) is 6.55. The van der Waals surface area contributed by atoms with Gasteiger partial charge in [0.05, 0.1) is 13.2 Å². The van der Waals surface area contributed by atoms with Crippen LogP contribution in [0, 0.1) is 11.6 Å². The first kappa shape index (κ1) is 25.2. The van der Waals surface area contributed by atoms with Gasteiger partial charge >= 0.3 is 0 Å². The number of ether oxygens (including phenoxy) is 1. The Balaban J connectivity index is 1.26. The highest BCUT2D eigenvalue weighted by Gasteiger charge is 2.37. The van der Waals surface area contributed by atoms with Crippen molar-refractivity contribution in [3.8, 4) is 0 Å². The summed E-state index contributed by atoms with van der Waals surface area (Å²) < 4.78 is 32.1. The van der Waals surface area contributed by atoms with Crippen molar-refractivity contribution in [2.45, 2.75) is 24.4 Å². The van der Waals surface area contributed by atoms with E-state index >= 15 is 0 Å². The molecule has 3 atom stereocenters. The molecule has 188 valence electrons. The predicted molar refractivity (Wildman–Crippen MR) is 128 cm³/mol. The maximum atomic E-state index is 13.2. The van der Waals surface area contributed by atoms with Crippen LogP contribution in [0.5, 0.6) is 0 Å². The second-order valence-corrected chi connectivity index (χ2v) is 9.19. The molecule has 4 rings (SSSR count). The molecule has 7 nitrogen and oxygen atoms in total. The molecule has 2 fully saturated rings. The molecular weight excluding hydrogens is 454 g/mol. The molecule has 1 aliphatic heterocycles. The van der Waals surface area contributed by atoms with Gasteiger partial charge in [-0.25, -0.2) is 8.78 Å². The molecular formula is C26H32F2N4O3. The fraction of sp³-hybridized carbons (Fsp3) is 0.462. The molecule has 1 saturated carbocycles. The van der Waals surface area contributed by atoms with E-state index < -0.39 is 17.8 Å². The number of piperazine rings is 1. The van der Waals surface area contributed by atoms with Gasteiger partial charge in [-0.05, 0) is 55.4 Å². The minimum atomic E-state index is -0.830. The zero-order valence-electron chi connectivity index (χ0n) is 19.9. The van der Waals surface area contributed by atoms with E-state index in [0.717, 1.165) is 25.1 Å². The monoisotopic (exact) mass is 486 g/mol. The van der Waals surface area contributed by atoms with Crippen molar-refractivity contribution in [2.75, 3.05) is 53.0 Å². The molecule has 1 aliphatic carbocycles. The fourth-order valence-electron chi connectivity index (χ4n) is 4.28. The van der Waals surface area contributed by atoms with Gasteiger partial charge in [0, 0.05) is 50.2 Å². The molecule has 1 unspecified atom stereocenters. The van der Waals surface area contributed by atoms with Crippen molar-refractivity contribution in [1.82, 2.24) is 20.4 Å². The van der Waals surface area contributed by atoms with Gasteiger partial charge in [-0.1, -0.05) is 12.1 Å². The van der Waals surface area contributed by atoms with Crippen LogP contribution in [0.4, 0.5) is 8.78 Å². The Kier molecular flexibility index (Phi) is 8.43. The summed E-state index contributed by atoms with van der Waals surface area (Å²) in [6.45, 7) is 3.75. The number of hydrogen-bond acceptors (Lipinski definition) is 5. The summed E-state index contributed by atoms with van der Waals surface area (Å²) in [6, 6.07) is 11.3. The molecule has 2 aromatic carbocycles. The normalized spacial score (nSPS) is 20.9. The van der Waals surface area contributed by atoms with Gasteiger partial charge in [-0.3, -0.25) is 9.59 Å². The molecule has 0 bridgehead atoms. The number of hydrogen-bond donors (Lipinski definition) is 2. The number of rotatable bonds is 10. The van der Waals surface area contributed by atoms with Gasteiger partial charge in [0.2, 0.25) is 5.91 Å². The molecule has 35 heavy (non-hydrogen) atoms. The van der Waals surface area contributed by atoms with Crippen LogP contribution in [0.1, 0.15) is 28.3 Å². The SMILES string of the molecule is CN1CCN(C(=O)[C@H](COCCNC2C[C@H]2c2ccc(F)cc2)NC(=O)c2ccc(F)cc2)CC1. The number of nitrogens with one attached hydrogen (secondary N) is 2. The number of nitrogens with zero attached hydrogens (tertiary/aromatic N) is 2. The summed E-state index contributed by atoms with van der Waals surface area (Å²) in [4.78, 5) is 29.7. The maximum Gasteiger partial charge on any atom is 0.251 e. The summed E-state index contributed by atoms with van der Waals surface area (Å²) in [5, 5.41) is 6.18. The lowest BCUT2D eigenvalue weighted by molar-refractivity contribution is -0.136. The predicted octanol–water partition coefficient (Wildman–Crippen LogP) is 2.00. The highest BCUT2D eigenvalue weighted by atomic mass is 19.1. The average molecular weight is 487 g/mol. The minimum absolute atomic E-state index is 0.0475. The number of carbonyl (C=O) groups is 2. The van der Waals surface area contributed by atoms with E-state index in [0.29, 0.717) is 38.2 Å². The molecule has 2 aromatic rings. The quantitative estimate of drug-likeness (QED) is 0.503. The molecule has 1 heterocycles. The van der Waals surface area contributed by atoms with Crippen LogP contribution in [0.25, 0.3) is 0 Å². The van der Waals surface area contributed by atoms with Gasteiger partial charge in [0.25, 0.3) is 5.91 Å². The number of carbonyl (C=O) groups excluding carboxylic acids is 2. The Labute approximate surface area is 204 Å². The van der Waals surface area contributed by atoms with Crippen molar-refractivity contribution in [1.29, 1.82) is 0 Å². The molecule has 0 radical (unpaired) electrons. The lowest BCUT2D eigenvalue weighted by Crippen LogP contribution is -2.55. The van der Waals surface area contributed by atoms with Crippen LogP contribution >= 0.6 is 0 Å². The molecule has 2 N–H and O–H groups in total. The van der Waals surface area contributed by atoms with Gasteiger partial charge in [-0.2, -0.15) is 0 Å². The van der Waals surface area contributed by atoms with Crippen molar-refractivity contribution in [2.24, 2.45) is 0 Å². The van der Waals surface area contributed by atoms with Crippen LogP contribution in [0.3, 0.4) is 0 Å². The van der Waals surface area contributed by atoms with Crippen LogP contribution in [0.2, 0.25) is 0 Å². The van der Waals surface area contributed by atoms with Crippen LogP contribution < -0.4 is 10.6 Å². The summed E-state index contributed by atoms with van der Waals surface area (Å²) in [6.07, 6.45) is 0.990. The van der Waals surface area contributed by atoms with E-state index in [9.17, 15) is 18.4 Å². The Morgan fingerprint density at radius 3 is 2.29 bits per heavy atom. The molecule has 0 aromatic heterocycles. The van der Waals surface area contributed by atoms with E-state index in [1.54, 1.807) is 4.90 Å². The van der Waals surface area contributed by atoms with E-state index in [1.165, 1.54) is 36.4 Å². The second-order valence-electron chi connectivity index (χ2n) is 9.19. The average Bonchev–Trinajstić information content (AvgIpc) is 3.63. The first-order chi connectivity index (χ1) is 16.9. The van der Waals surface area contributed by atoms with Gasteiger partial charge in [0.15, 0.2) is 0 Å². The Morgan fingerprint density at radius 2 is 1.63 bits per heavy atom. The minimum Gasteiger partial charge on any atom is -0.377 e. The summed E-state index contributed by atoms with van der Waals surface area (Å²) >= 11 is 0. The Hall–Kier alpha value is -2.88. The first-order valence-electron chi connectivity index (χ1n) is 12.0. The third-order valence-electron chi connectivity index (χ3n) is 6.55. The highest BCUT2D eigenvalue weighted by Crippen LogP contribution is 2.40. The van der Waals surface area contributed by atoms with E-state index in [2.05, 4.69) is 15.5 Å². The summed E-state index contributed by atoms with van der Waals surface area (Å²) in [7, 11) is 2.01. The third kappa shape index (κ3) is 7.06. The lowest BCUT2D eigenvalue weighted by atomic mass is 10.1. The van der Waals surface area contributed by atoms with Crippen LogP contribution in [-0.2, 0) is 9.53 Å². The van der Waals surface area contributed by atoms with Crippen LogP contribution in [-0.4, -0.2) is 86.7 Å². The van der Waals surface area contributed by atoms with Crippen molar-refractivity contribution in [3.63, 3.8) is 0 Å². The van der Waals surface area contributed by atoms with Crippen molar-refractivity contribution < 1.29 is 23.1 Å². The van der Waals surface area contributed by atoms with Gasteiger partial charge in [0.1, 0.15) is 17.7 Å². The summed E-state index contributed by atoms with van der Waals surface area (Å²) in [5.74, 6) is -0.921. The summed E-state index contributed by atoms with van der Waals surface area (Å²) in [5.41, 5.74) is 1.40. The number of amides is 2. The molecule has 1 saturated heterocycles. The molecule has 2 aliphatic rings. The second kappa shape index (κ2) is 11.7. The highest BCUT2D eigenvalue weighted by molar-refractivity contribution is 5.97. The smallest absolute Gasteiger partial charge is 0.251 e. The zero-order chi connectivity index (χ0) is 24.8. The topological polar surface area (TPSA) is 73.9 Å². The van der Waals surface area contributed by atoms with Crippen LogP contribution in [0.15, 0.2) is 48.5 Å². The fourth-order valence-corrected chi connectivity index (χ4v) is 4.28. The van der Waals surface area contributed by atoms with Gasteiger partial charge in [-0.15, -0.1) is 0 Å². The van der Waals surface area contributed by atoms with E-state index in [1.807, 2.05) is 19.2 Å². The number of benzene rings is 2. The largest absolute Gasteiger partial charge is 0.377 e. The zero-order valence-corrected chi connectivity index (χ0v) is 19.9. The Bertz CT molecular complexity index is 995. The molecule has 2 amide bonds. The molecule has 0 spiro atoms. The number of likely N-dealkylation sites (N-methyl/N-ethyl adjacent to an activating group) is 1. The standard InChI is InChI=1S/C26H32F2N4O3/c1-31-11-13-32(14-12-31)26(34)24(30-25(33)19-4-8-21(28)9-5-19)17-35-15-10-29-23-16-22(23)18-2-6-20(27)7-3-18/h2-9,22-24,29H,10-17H2,1H3,(H,30,33)/t22-,23?,24-/m0/s1. The van der Waals surface area contributed by atoms with Crippen molar-refractivity contribution in [3.05, 3.63) is 71.3 Å². The Morgan fingerprint density at radius 1 is 1.00 bits per heavy atom. The molecule has 9 heteroatoms. The van der Waals surface area contributed by atoms with E-state index in [4.69, 9.17) is 4.74 Å². The van der Waals surface area contributed by atoms with Crippen molar-refractivity contribution >= 4 is 11.8 Å². The first-order valence-corrected chi connectivity index (χ1v) is 12.0.